The molecule has 0 radical (unpaired) electrons. The van der Waals surface area contributed by atoms with Crippen molar-refractivity contribution in [3.63, 3.8) is 0 Å². The van der Waals surface area contributed by atoms with Crippen LogP contribution in [0.2, 0.25) is 0 Å². The highest BCUT2D eigenvalue weighted by Gasteiger charge is 2.23. The second kappa shape index (κ2) is 8.78. The minimum atomic E-state index is 0.115. The number of aromatic nitrogens is 1. The van der Waals surface area contributed by atoms with Gasteiger partial charge in [-0.15, -0.1) is 22.7 Å². The summed E-state index contributed by atoms with van der Waals surface area (Å²) in [5.74, 6) is 0.115. The Bertz CT molecular complexity index is 855. The Morgan fingerprint density at radius 3 is 2.81 bits per heavy atom. The van der Waals surface area contributed by atoms with E-state index in [1.165, 1.54) is 4.88 Å². The van der Waals surface area contributed by atoms with Gasteiger partial charge in [0.25, 0.3) is 0 Å². The number of carbonyl (C=O) groups is 1. The van der Waals surface area contributed by atoms with Crippen molar-refractivity contribution >= 4 is 28.6 Å². The van der Waals surface area contributed by atoms with Gasteiger partial charge in [0.05, 0.1) is 24.8 Å². The van der Waals surface area contributed by atoms with Crippen molar-refractivity contribution in [2.45, 2.75) is 31.9 Å². The summed E-state index contributed by atoms with van der Waals surface area (Å²) in [5.41, 5.74) is 1.93. The van der Waals surface area contributed by atoms with Crippen LogP contribution in [0.5, 0.6) is 0 Å². The SMILES string of the molecule is O=C(Cc1csc(-c2ccccc2)n1)N(Cc1cccs1)CC1CCCO1. The van der Waals surface area contributed by atoms with Crippen molar-refractivity contribution in [1.82, 2.24) is 9.88 Å². The summed E-state index contributed by atoms with van der Waals surface area (Å²) in [4.78, 5) is 20.8. The van der Waals surface area contributed by atoms with Gasteiger partial charge >= 0.3 is 0 Å². The number of benzene rings is 1. The van der Waals surface area contributed by atoms with Gasteiger partial charge in [0, 0.05) is 29.0 Å². The minimum Gasteiger partial charge on any atom is -0.376 e. The van der Waals surface area contributed by atoms with E-state index in [1.54, 1.807) is 22.7 Å². The van der Waals surface area contributed by atoms with Gasteiger partial charge in [-0.2, -0.15) is 0 Å². The molecule has 2 aromatic heterocycles. The van der Waals surface area contributed by atoms with E-state index >= 15 is 0 Å². The maximum atomic E-state index is 13.0. The van der Waals surface area contributed by atoms with Crippen LogP contribution in [0.3, 0.4) is 0 Å². The summed E-state index contributed by atoms with van der Waals surface area (Å²) >= 11 is 3.28. The molecule has 1 unspecified atom stereocenters. The summed E-state index contributed by atoms with van der Waals surface area (Å²) in [5, 5.41) is 5.01. The zero-order valence-electron chi connectivity index (χ0n) is 15.0. The first-order valence-electron chi connectivity index (χ1n) is 9.19. The maximum Gasteiger partial charge on any atom is 0.229 e. The van der Waals surface area contributed by atoms with Crippen LogP contribution < -0.4 is 0 Å². The van der Waals surface area contributed by atoms with Crippen molar-refractivity contribution in [2.75, 3.05) is 13.2 Å². The molecule has 27 heavy (non-hydrogen) atoms. The van der Waals surface area contributed by atoms with Gasteiger partial charge in [-0.3, -0.25) is 4.79 Å². The third-order valence-corrected chi connectivity index (χ3v) is 6.43. The summed E-state index contributed by atoms with van der Waals surface area (Å²) in [6.07, 6.45) is 2.60. The number of hydrogen-bond donors (Lipinski definition) is 0. The van der Waals surface area contributed by atoms with E-state index in [0.717, 1.165) is 35.7 Å². The van der Waals surface area contributed by atoms with Crippen LogP contribution in [0.25, 0.3) is 10.6 Å². The molecule has 1 aliphatic heterocycles. The topological polar surface area (TPSA) is 42.4 Å². The second-order valence-corrected chi connectivity index (χ2v) is 8.57. The molecule has 1 aromatic carbocycles. The average Bonchev–Trinajstić information content (AvgIpc) is 3.45. The Labute approximate surface area is 167 Å². The van der Waals surface area contributed by atoms with Gasteiger partial charge in [-0.1, -0.05) is 36.4 Å². The Morgan fingerprint density at radius 1 is 1.19 bits per heavy atom. The predicted molar refractivity (Wildman–Crippen MR) is 110 cm³/mol. The highest BCUT2D eigenvalue weighted by atomic mass is 32.1. The summed E-state index contributed by atoms with van der Waals surface area (Å²) in [6.45, 7) is 2.11. The van der Waals surface area contributed by atoms with Gasteiger partial charge in [-0.05, 0) is 24.3 Å². The Balaban J connectivity index is 1.45. The molecular weight excluding hydrogens is 376 g/mol. The van der Waals surface area contributed by atoms with Crippen molar-refractivity contribution in [2.24, 2.45) is 0 Å². The van der Waals surface area contributed by atoms with Gasteiger partial charge in [0.1, 0.15) is 5.01 Å². The smallest absolute Gasteiger partial charge is 0.229 e. The van der Waals surface area contributed by atoms with E-state index in [1.807, 2.05) is 46.7 Å². The molecule has 0 N–H and O–H groups in total. The number of thiophene rings is 1. The van der Waals surface area contributed by atoms with E-state index < -0.39 is 0 Å². The Hall–Kier alpha value is -2.02. The van der Waals surface area contributed by atoms with E-state index in [4.69, 9.17) is 4.74 Å². The normalized spacial score (nSPS) is 16.5. The van der Waals surface area contributed by atoms with Crippen LogP contribution in [0.15, 0.2) is 53.2 Å². The minimum absolute atomic E-state index is 0.115. The molecule has 1 fully saturated rings. The fourth-order valence-corrected chi connectivity index (χ4v) is 4.79. The monoisotopic (exact) mass is 398 g/mol. The molecule has 0 saturated carbocycles. The zero-order valence-corrected chi connectivity index (χ0v) is 16.7. The molecule has 3 aromatic rings. The molecule has 1 amide bonds. The Kier molecular flexibility index (Phi) is 5.97. The molecule has 140 valence electrons. The van der Waals surface area contributed by atoms with Crippen molar-refractivity contribution in [3.05, 3.63) is 63.8 Å². The van der Waals surface area contributed by atoms with E-state index in [9.17, 15) is 4.79 Å². The molecule has 4 nitrogen and oxygen atoms in total. The highest BCUT2D eigenvalue weighted by molar-refractivity contribution is 7.13. The van der Waals surface area contributed by atoms with Crippen molar-refractivity contribution in [1.29, 1.82) is 0 Å². The van der Waals surface area contributed by atoms with E-state index in [2.05, 4.69) is 16.4 Å². The largest absolute Gasteiger partial charge is 0.376 e. The van der Waals surface area contributed by atoms with Crippen LogP contribution in [0, 0.1) is 0 Å². The lowest BCUT2D eigenvalue weighted by Crippen LogP contribution is -2.37. The second-order valence-electron chi connectivity index (χ2n) is 6.68. The molecule has 0 spiro atoms. The first-order chi connectivity index (χ1) is 13.3. The number of ether oxygens (including phenoxy) is 1. The first kappa shape index (κ1) is 18.3. The zero-order chi connectivity index (χ0) is 18.5. The number of thiazole rings is 1. The average molecular weight is 399 g/mol. The van der Waals surface area contributed by atoms with Crippen LogP contribution >= 0.6 is 22.7 Å². The van der Waals surface area contributed by atoms with Gasteiger partial charge in [-0.25, -0.2) is 4.98 Å². The molecule has 1 atom stereocenters. The summed E-state index contributed by atoms with van der Waals surface area (Å²) < 4.78 is 5.76. The fourth-order valence-electron chi connectivity index (χ4n) is 3.25. The summed E-state index contributed by atoms with van der Waals surface area (Å²) in [6, 6.07) is 14.2. The Morgan fingerprint density at radius 2 is 2.07 bits per heavy atom. The predicted octanol–water partition coefficient (Wildman–Crippen LogP) is 4.62. The lowest BCUT2D eigenvalue weighted by Gasteiger charge is -2.25. The molecule has 1 aliphatic rings. The number of hydrogen-bond acceptors (Lipinski definition) is 5. The molecular formula is C21H22N2O2S2. The number of amides is 1. The number of nitrogens with zero attached hydrogens (tertiary/aromatic N) is 2. The van der Waals surface area contributed by atoms with Gasteiger partial charge in [0.2, 0.25) is 5.91 Å². The van der Waals surface area contributed by atoms with Crippen molar-refractivity contribution < 1.29 is 9.53 Å². The van der Waals surface area contributed by atoms with Gasteiger partial charge in [0.15, 0.2) is 0 Å². The number of rotatable bonds is 7. The van der Waals surface area contributed by atoms with Crippen molar-refractivity contribution in [3.8, 4) is 10.6 Å². The third-order valence-electron chi connectivity index (χ3n) is 4.63. The summed E-state index contributed by atoms with van der Waals surface area (Å²) in [7, 11) is 0. The van der Waals surface area contributed by atoms with Crippen LogP contribution in [0.4, 0.5) is 0 Å². The molecule has 0 aliphatic carbocycles. The first-order valence-corrected chi connectivity index (χ1v) is 11.0. The van der Waals surface area contributed by atoms with Crippen LogP contribution in [0.1, 0.15) is 23.4 Å². The van der Waals surface area contributed by atoms with E-state index in [0.29, 0.717) is 19.5 Å². The highest BCUT2D eigenvalue weighted by Crippen LogP contribution is 2.24. The van der Waals surface area contributed by atoms with Crippen LogP contribution in [-0.4, -0.2) is 35.0 Å². The lowest BCUT2D eigenvalue weighted by molar-refractivity contribution is -0.132. The molecule has 3 heterocycles. The van der Waals surface area contributed by atoms with Gasteiger partial charge < -0.3 is 9.64 Å². The molecule has 6 heteroatoms. The molecule has 4 rings (SSSR count). The third kappa shape index (κ3) is 4.83. The van der Waals surface area contributed by atoms with E-state index in [-0.39, 0.29) is 12.0 Å². The quantitative estimate of drug-likeness (QED) is 0.583. The standard InChI is InChI=1S/C21H22N2O2S2/c24-20(12-17-15-27-21(22-17)16-6-2-1-3-7-16)23(13-18-8-4-10-25-18)14-19-9-5-11-26-19/h1-3,5-7,9,11,15,18H,4,8,10,12-14H2. The van der Waals surface area contributed by atoms with Crippen LogP contribution in [-0.2, 0) is 22.5 Å². The lowest BCUT2D eigenvalue weighted by atomic mass is 10.2. The molecule has 1 saturated heterocycles. The fraction of sp³-hybridized carbons (Fsp3) is 0.333. The molecule has 0 bridgehead atoms. The maximum absolute atomic E-state index is 13.0. The number of carbonyl (C=O) groups excluding carboxylic acids is 1.